The van der Waals surface area contributed by atoms with Crippen molar-refractivity contribution in [1.29, 1.82) is 0 Å². The fraction of sp³-hybridized carbons (Fsp3) is 0.280. The van der Waals surface area contributed by atoms with Gasteiger partial charge in [0.15, 0.2) is 0 Å². The van der Waals surface area contributed by atoms with Crippen LogP contribution in [0.2, 0.25) is 5.02 Å². The van der Waals surface area contributed by atoms with Gasteiger partial charge in [0, 0.05) is 36.9 Å². The largest absolute Gasteiger partial charge is 0.490 e. The number of alkyl halides is 3. The molecule has 2 saturated heterocycles. The highest BCUT2D eigenvalue weighted by atomic mass is 35.6. The summed E-state index contributed by atoms with van der Waals surface area (Å²) in [6.45, 7) is 6.21. The molecule has 2 heterocycles. The third kappa shape index (κ3) is 6.33. The summed E-state index contributed by atoms with van der Waals surface area (Å²) < 4.78 is 3.58. The van der Waals surface area contributed by atoms with Gasteiger partial charge in [0.2, 0.25) is 3.79 Å². The van der Waals surface area contributed by atoms with Crippen LogP contribution in [-0.2, 0) is 4.79 Å². The molecule has 0 unspecified atom stereocenters. The number of piperazine rings is 1. The normalized spacial score (nSPS) is 19.2. The minimum absolute atomic E-state index is 0.261. The number of hydrogen-bond donors (Lipinski definition) is 0. The third-order valence-electron chi connectivity index (χ3n) is 5.74. The first-order valence-electron chi connectivity index (χ1n) is 11.1. The molecule has 0 N–H and O–H groups in total. The van der Waals surface area contributed by atoms with Crippen LogP contribution in [-0.4, -0.2) is 63.7 Å². The lowest BCUT2D eigenvalue weighted by atomic mass is 10.2. The highest BCUT2D eigenvalue weighted by Crippen LogP contribution is 2.42. The van der Waals surface area contributed by atoms with E-state index in [9.17, 15) is 9.59 Å². The van der Waals surface area contributed by atoms with Gasteiger partial charge in [-0.05, 0) is 53.7 Å². The average Bonchev–Trinajstić information content (AvgIpc) is 3.11. The molecule has 0 spiro atoms. The summed E-state index contributed by atoms with van der Waals surface area (Å²) >= 11 is 26.0. The zero-order chi connectivity index (χ0) is 25.9. The summed E-state index contributed by atoms with van der Waals surface area (Å²) in [5, 5.41) is 0.170. The second kappa shape index (κ2) is 11.7. The number of anilines is 1. The molecule has 6 nitrogen and oxygen atoms in total. The van der Waals surface area contributed by atoms with Crippen LogP contribution in [0.1, 0.15) is 5.56 Å². The van der Waals surface area contributed by atoms with E-state index in [0.29, 0.717) is 43.6 Å². The molecular weight excluding hydrogens is 564 g/mol. The molecule has 0 aromatic heterocycles. The maximum atomic E-state index is 13.3. The van der Waals surface area contributed by atoms with Crippen LogP contribution in [0, 0.1) is 0 Å². The fourth-order valence-corrected chi connectivity index (χ4v) is 5.81. The van der Waals surface area contributed by atoms with Gasteiger partial charge < -0.3 is 9.64 Å². The lowest BCUT2D eigenvalue weighted by Crippen LogP contribution is -2.61. The van der Waals surface area contributed by atoms with E-state index in [0.717, 1.165) is 27.9 Å². The minimum atomic E-state index is -1.90. The molecule has 0 bridgehead atoms. The Kier molecular flexibility index (Phi) is 8.81. The Hall–Kier alpha value is -1.87. The van der Waals surface area contributed by atoms with E-state index >= 15 is 0 Å². The maximum Gasteiger partial charge on any atom is 0.295 e. The molecule has 4 rings (SSSR count). The van der Waals surface area contributed by atoms with E-state index in [1.54, 1.807) is 36.4 Å². The van der Waals surface area contributed by atoms with Gasteiger partial charge in [0.25, 0.3) is 11.1 Å². The molecule has 2 aromatic rings. The molecule has 36 heavy (non-hydrogen) atoms. The Morgan fingerprint density at radius 3 is 2.36 bits per heavy atom. The molecule has 2 amide bonds. The number of imide groups is 1. The van der Waals surface area contributed by atoms with Crippen LogP contribution in [0.15, 0.2) is 66.1 Å². The predicted molar refractivity (Wildman–Crippen MR) is 149 cm³/mol. The van der Waals surface area contributed by atoms with Crippen molar-refractivity contribution >= 4 is 81.1 Å². The first kappa shape index (κ1) is 27.2. The van der Waals surface area contributed by atoms with Crippen molar-refractivity contribution in [1.82, 2.24) is 9.80 Å². The molecule has 2 aliphatic heterocycles. The predicted octanol–water partition coefficient (Wildman–Crippen LogP) is 6.46. The van der Waals surface area contributed by atoms with Crippen molar-refractivity contribution in [3.05, 3.63) is 76.7 Å². The smallest absolute Gasteiger partial charge is 0.295 e. The number of halogens is 4. The molecule has 2 aliphatic rings. The van der Waals surface area contributed by atoms with Gasteiger partial charge in [0.1, 0.15) is 18.5 Å². The molecule has 0 saturated carbocycles. The summed E-state index contributed by atoms with van der Waals surface area (Å²) in [5.41, 5.74) is 1.73. The number of amides is 2. The Bertz CT molecular complexity index is 1160. The van der Waals surface area contributed by atoms with Crippen molar-refractivity contribution in [2.45, 2.75) is 9.96 Å². The maximum absolute atomic E-state index is 13.3. The topological polar surface area (TPSA) is 53.1 Å². The Labute approximate surface area is 234 Å². The molecule has 11 heteroatoms. The molecule has 2 aromatic carbocycles. The molecule has 0 aliphatic carbocycles. The number of benzene rings is 2. The number of rotatable bonds is 7. The second-order valence-electron chi connectivity index (χ2n) is 8.14. The van der Waals surface area contributed by atoms with Gasteiger partial charge >= 0.3 is 0 Å². The van der Waals surface area contributed by atoms with E-state index in [2.05, 4.69) is 11.5 Å². The van der Waals surface area contributed by atoms with E-state index in [1.807, 2.05) is 29.2 Å². The molecule has 1 atom stereocenters. The van der Waals surface area contributed by atoms with E-state index in [4.69, 9.17) is 51.1 Å². The number of carbonyl (C=O) groups excluding carboxylic acids is 2. The molecule has 0 radical (unpaired) electrons. The monoisotopic (exact) mass is 585 g/mol. The summed E-state index contributed by atoms with van der Waals surface area (Å²) in [6.07, 6.45) is 2.26. The third-order valence-corrected chi connectivity index (χ3v) is 7.44. The minimum Gasteiger partial charge on any atom is -0.490 e. The quantitative estimate of drug-likeness (QED) is 0.211. The molecule has 2 fully saturated rings. The molecule has 190 valence electrons. The Morgan fingerprint density at radius 2 is 1.75 bits per heavy atom. The summed E-state index contributed by atoms with van der Waals surface area (Å²) in [7, 11) is 0. The number of hydrogen-bond acceptors (Lipinski definition) is 6. The van der Waals surface area contributed by atoms with Crippen LogP contribution in [0.25, 0.3) is 6.08 Å². The van der Waals surface area contributed by atoms with Gasteiger partial charge in [-0.3, -0.25) is 14.5 Å². The van der Waals surface area contributed by atoms with Gasteiger partial charge in [0.05, 0.1) is 4.91 Å². The summed E-state index contributed by atoms with van der Waals surface area (Å²) in [4.78, 5) is 31.7. The zero-order valence-corrected chi connectivity index (χ0v) is 22.9. The van der Waals surface area contributed by atoms with Gasteiger partial charge in [-0.25, -0.2) is 4.90 Å². The number of thioether (sulfide) groups is 1. The lowest BCUT2D eigenvalue weighted by Gasteiger charge is -2.44. The zero-order valence-electron chi connectivity index (χ0n) is 19.1. The SMILES string of the molecule is C=CCOc1ccc(/C=C2/SC(=O)N([C@H](N3CCN(c4cccc(Cl)c4)CC3)C(Cl)(Cl)Cl)C2=O)cc1. The Balaban J connectivity index is 1.50. The van der Waals surface area contributed by atoms with E-state index < -0.39 is 21.1 Å². The van der Waals surface area contributed by atoms with Crippen molar-refractivity contribution in [2.24, 2.45) is 0 Å². The van der Waals surface area contributed by atoms with Crippen molar-refractivity contribution in [3.8, 4) is 5.75 Å². The van der Waals surface area contributed by atoms with Crippen LogP contribution < -0.4 is 9.64 Å². The van der Waals surface area contributed by atoms with Crippen LogP contribution in [0.3, 0.4) is 0 Å². The van der Waals surface area contributed by atoms with Gasteiger partial charge in [-0.1, -0.05) is 77.3 Å². The van der Waals surface area contributed by atoms with Crippen LogP contribution in [0.4, 0.5) is 10.5 Å². The van der Waals surface area contributed by atoms with E-state index in [-0.39, 0.29) is 4.91 Å². The molecular formula is C25H23Cl4N3O3S. The lowest BCUT2D eigenvalue weighted by molar-refractivity contribution is -0.127. The van der Waals surface area contributed by atoms with E-state index in [1.165, 1.54) is 0 Å². The summed E-state index contributed by atoms with van der Waals surface area (Å²) in [6, 6.07) is 14.7. The number of ether oxygens (including phenoxy) is 1. The van der Waals surface area contributed by atoms with Crippen LogP contribution >= 0.6 is 58.2 Å². The first-order valence-corrected chi connectivity index (χ1v) is 13.4. The average molecular weight is 587 g/mol. The fourth-order valence-electron chi connectivity index (χ4n) is 4.07. The first-order chi connectivity index (χ1) is 17.2. The standard InChI is InChI=1S/C25H23Cl4N3O3S/c1-2-14-35-20-8-6-17(7-9-20)15-21-22(33)32(24(34)36-21)23(25(27,28)29)31-12-10-30(11-13-31)19-5-3-4-18(26)16-19/h2-9,15-16,23H,1,10-14H2/b21-15+/t23-/m0/s1. The second-order valence-corrected chi connectivity index (χ2v) is 11.9. The summed E-state index contributed by atoms with van der Waals surface area (Å²) in [5.74, 6) is 0.180. The highest BCUT2D eigenvalue weighted by molar-refractivity contribution is 8.18. The van der Waals surface area contributed by atoms with Crippen molar-refractivity contribution in [3.63, 3.8) is 0 Å². The number of carbonyl (C=O) groups is 2. The van der Waals surface area contributed by atoms with Gasteiger partial charge in [-0.2, -0.15) is 0 Å². The number of nitrogens with zero attached hydrogens (tertiary/aromatic N) is 3. The van der Waals surface area contributed by atoms with Crippen molar-refractivity contribution < 1.29 is 14.3 Å². The highest BCUT2D eigenvalue weighted by Gasteiger charge is 2.51. The van der Waals surface area contributed by atoms with Crippen molar-refractivity contribution in [2.75, 3.05) is 37.7 Å². The van der Waals surface area contributed by atoms with Crippen LogP contribution in [0.5, 0.6) is 5.75 Å². The Morgan fingerprint density at radius 1 is 1.06 bits per heavy atom. The van der Waals surface area contributed by atoms with Gasteiger partial charge in [-0.15, -0.1) is 0 Å².